The number of hydrogen-bond acceptors (Lipinski definition) is 6. The lowest BCUT2D eigenvalue weighted by atomic mass is 9.66. The van der Waals surface area contributed by atoms with E-state index in [4.69, 9.17) is 16.3 Å². The summed E-state index contributed by atoms with van der Waals surface area (Å²) in [6.07, 6.45) is 4.51. The Kier molecular flexibility index (Phi) is 9.98. The molecule has 0 radical (unpaired) electrons. The zero-order valence-corrected chi connectivity index (χ0v) is 29.4. The first-order chi connectivity index (χ1) is 23.7. The molecule has 0 aliphatic carbocycles. The number of carbonyl (C=O) groups excluding carboxylic acids is 3. The number of anilines is 2. The highest BCUT2D eigenvalue weighted by Crippen LogP contribution is 2.72. The smallest absolute Gasteiger partial charge is 0.251 e. The van der Waals surface area contributed by atoms with Gasteiger partial charge in [0.25, 0.3) is 5.91 Å². The molecule has 3 aromatic carbocycles. The zero-order chi connectivity index (χ0) is 34.9. The number of ether oxygens (including phenoxy) is 1. The summed E-state index contributed by atoms with van der Waals surface area (Å²) in [5.74, 6) is -1.66. The van der Waals surface area contributed by atoms with E-state index >= 15 is 9.59 Å². The summed E-state index contributed by atoms with van der Waals surface area (Å²) in [6.45, 7) is 12.3. The Hall–Kier alpha value is -4.05. The molecule has 6 atom stereocenters. The number of nitrogens with zero attached hydrogens (tertiary/aromatic N) is 3. The van der Waals surface area contributed by atoms with Gasteiger partial charge in [-0.25, -0.2) is 0 Å². The van der Waals surface area contributed by atoms with Crippen molar-refractivity contribution in [3.63, 3.8) is 0 Å². The van der Waals surface area contributed by atoms with Crippen molar-refractivity contribution >= 4 is 52.5 Å². The average molecular weight is 700 g/mol. The Balaban J connectivity index is 1.48. The Bertz CT molecular complexity index is 1740. The molecule has 3 aromatic rings. The number of fused-ring (bicyclic) bond motifs is 1. The fourth-order valence-electron chi connectivity index (χ4n) is 8.15. The number of rotatable bonds is 13. The molecule has 0 saturated carbocycles. The van der Waals surface area contributed by atoms with E-state index in [2.05, 4.69) is 13.2 Å². The van der Waals surface area contributed by atoms with Crippen LogP contribution in [0.4, 0.5) is 11.4 Å². The monoisotopic (exact) mass is 699 g/mol. The fourth-order valence-corrected chi connectivity index (χ4v) is 10.7. The average Bonchev–Trinajstić information content (AvgIpc) is 3.68. The van der Waals surface area contributed by atoms with Crippen LogP contribution in [0.1, 0.15) is 38.3 Å². The van der Waals surface area contributed by atoms with Crippen LogP contribution in [0.2, 0.25) is 5.02 Å². The van der Waals surface area contributed by atoms with Crippen molar-refractivity contribution in [1.29, 1.82) is 0 Å². The summed E-state index contributed by atoms with van der Waals surface area (Å²) < 4.78 is 4.10. The molecule has 256 valence electrons. The Labute approximate surface area is 297 Å². The molecular weight excluding hydrogens is 658 g/mol. The van der Waals surface area contributed by atoms with Gasteiger partial charge in [-0.05, 0) is 68.7 Å². The van der Waals surface area contributed by atoms with Gasteiger partial charge in [0.2, 0.25) is 11.8 Å². The molecule has 3 heterocycles. The van der Waals surface area contributed by atoms with Crippen LogP contribution in [-0.4, -0.2) is 69.6 Å². The molecule has 6 rings (SSSR count). The van der Waals surface area contributed by atoms with Crippen LogP contribution in [-0.2, 0) is 14.4 Å². The Morgan fingerprint density at radius 2 is 1.65 bits per heavy atom. The lowest BCUT2D eigenvalue weighted by molar-refractivity contribution is -0.142. The van der Waals surface area contributed by atoms with Crippen LogP contribution >= 0.6 is 23.4 Å². The maximum atomic E-state index is 15.2. The highest BCUT2D eigenvalue weighted by molar-refractivity contribution is 8.02. The fraction of sp³-hybridized carbons (Fsp3) is 0.359. The predicted molar refractivity (Wildman–Crippen MR) is 196 cm³/mol. The van der Waals surface area contributed by atoms with Gasteiger partial charge >= 0.3 is 0 Å². The molecule has 10 heteroatoms. The standard InChI is InChI=1S/C39H42ClN3O5S/c1-5-23-41(27-17-19-28(20-18-27)48-7-3)35(45)32-33-36(46)43(31(25-44)26-13-9-8-10-14-26)34(39(33)22-21-38(32,4)49-39)37(47)42(24-6-2)30-16-12-11-15-29(30)40/h5-6,8-20,31-34,44H,1-2,7,21-25H2,3-4H3/t31-,32+,33+,34?,38-,39?/m1/s1. The minimum atomic E-state index is -0.985. The molecule has 0 aromatic heterocycles. The van der Waals surface area contributed by atoms with Crippen molar-refractivity contribution in [1.82, 2.24) is 4.90 Å². The van der Waals surface area contributed by atoms with Gasteiger partial charge in [-0.3, -0.25) is 14.4 Å². The molecule has 3 aliphatic heterocycles. The molecule has 3 aliphatic rings. The van der Waals surface area contributed by atoms with E-state index in [9.17, 15) is 9.90 Å². The molecular formula is C39H42ClN3O5S. The maximum Gasteiger partial charge on any atom is 0.251 e. The summed E-state index contributed by atoms with van der Waals surface area (Å²) >= 11 is 8.25. The van der Waals surface area contributed by atoms with Gasteiger partial charge in [-0.2, -0.15) is 0 Å². The maximum absolute atomic E-state index is 15.2. The van der Waals surface area contributed by atoms with Gasteiger partial charge in [0.05, 0.1) is 46.5 Å². The second-order valence-electron chi connectivity index (χ2n) is 12.9. The number of thioether (sulfide) groups is 1. The molecule has 3 fully saturated rings. The number of hydrogen-bond donors (Lipinski definition) is 1. The van der Waals surface area contributed by atoms with Crippen molar-refractivity contribution in [3.05, 3.63) is 115 Å². The van der Waals surface area contributed by atoms with E-state index in [1.165, 1.54) is 0 Å². The van der Waals surface area contributed by atoms with Crippen molar-refractivity contribution in [2.24, 2.45) is 11.8 Å². The number of aliphatic hydroxyl groups is 1. The van der Waals surface area contributed by atoms with E-state index in [-0.39, 0.29) is 30.8 Å². The van der Waals surface area contributed by atoms with Crippen LogP contribution in [0.3, 0.4) is 0 Å². The van der Waals surface area contributed by atoms with Crippen molar-refractivity contribution in [2.75, 3.05) is 36.1 Å². The highest BCUT2D eigenvalue weighted by Gasteiger charge is 2.78. The van der Waals surface area contributed by atoms with E-state index in [1.807, 2.05) is 74.5 Å². The van der Waals surface area contributed by atoms with E-state index in [0.717, 1.165) is 0 Å². The molecule has 49 heavy (non-hydrogen) atoms. The Morgan fingerprint density at radius 1 is 1.00 bits per heavy atom. The number of likely N-dealkylation sites (tertiary alicyclic amines) is 1. The Morgan fingerprint density at radius 3 is 2.29 bits per heavy atom. The first kappa shape index (κ1) is 34.8. The highest BCUT2D eigenvalue weighted by atomic mass is 35.5. The normalized spacial score (nSPS) is 25.8. The summed E-state index contributed by atoms with van der Waals surface area (Å²) in [5, 5.41) is 11.3. The van der Waals surface area contributed by atoms with Gasteiger partial charge < -0.3 is 24.5 Å². The molecule has 2 bridgehead atoms. The largest absolute Gasteiger partial charge is 0.494 e. The molecule has 8 nitrogen and oxygen atoms in total. The van der Waals surface area contributed by atoms with Crippen LogP contribution in [0, 0.1) is 11.8 Å². The van der Waals surface area contributed by atoms with Crippen molar-refractivity contribution in [3.8, 4) is 5.75 Å². The zero-order valence-electron chi connectivity index (χ0n) is 27.8. The number of carbonyl (C=O) groups is 3. The van der Waals surface area contributed by atoms with Crippen LogP contribution in [0.15, 0.2) is 104 Å². The van der Waals surface area contributed by atoms with Gasteiger partial charge in [0.15, 0.2) is 0 Å². The van der Waals surface area contributed by atoms with E-state index in [0.29, 0.717) is 47.2 Å². The van der Waals surface area contributed by atoms with Crippen LogP contribution in [0.25, 0.3) is 0 Å². The lowest BCUT2D eigenvalue weighted by Crippen LogP contribution is -2.56. The first-order valence-corrected chi connectivity index (χ1v) is 17.8. The minimum absolute atomic E-state index is 0.159. The van der Waals surface area contributed by atoms with Gasteiger partial charge in [0.1, 0.15) is 11.8 Å². The third kappa shape index (κ3) is 5.85. The first-order valence-electron chi connectivity index (χ1n) is 16.7. The quantitative estimate of drug-likeness (QED) is 0.200. The van der Waals surface area contributed by atoms with Gasteiger partial charge in [-0.1, -0.05) is 66.2 Å². The van der Waals surface area contributed by atoms with E-state index < -0.39 is 40.0 Å². The van der Waals surface area contributed by atoms with Gasteiger partial charge in [0, 0.05) is 23.5 Å². The lowest BCUT2D eigenvalue weighted by Gasteiger charge is -2.40. The van der Waals surface area contributed by atoms with E-state index in [1.54, 1.807) is 56.8 Å². The summed E-state index contributed by atoms with van der Waals surface area (Å²) in [6, 6.07) is 21.9. The van der Waals surface area contributed by atoms with Crippen molar-refractivity contribution in [2.45, 2.75) is 48.3 Å². The summed E-state index contributed by atoms with van der Waals surface area (Å²) in [5.41, 5.74) is 1.88. The van der Waals surface area contributed by atoms with Crippen molar-refractivity contribution < 1.29 is 24.2 Å². The number of amides is 3. The topological polar surface area (TPSA) is 90.4 Å². The number of halogens is 1. The SMILES string of the molecule is C=CCN(C(=O)[C@@H]1[C@H]2C(=O)N([C@H](CO)c3ccccc3)C(C(=O)N(CC=C)c3ccccc3Cl)C23CC[C@@]1(C)S3)c1ccc(OCC)cc1. The molecule has 3 saturated heterocycles. The molecule has 3 amide bonds. The molecule has 1 N–H and O–H groups in total. The molecule has 1 spiro atoms. The predicted octanol–water partition coefficient (Wildman–Crippen LogP) is 6.69. The number of para-hydroxylation sites is 1. The second kappa shape index (κ2) is 14.1. The minimum Gasteiger partial charge on any atom is -0.494 e. The van der Waals surface area contributed by atoms with Crippen LogP contribution in [0.5, 0.6) is 5.75 Å². The summed E-state index contributed by atoms with van der Waals surface area (Å²) in [7, 11) is 0. The third-order valence-electron chi connectivity index (χ3n) is 10.2. The molecule has 2 unspecified atom stereocenters. The van der Waals surface area contributed by atoms with Crippen LogP contribution < -0.4 is 14.5 Å². The number of aliphatic hydroxyl groups excluding tert-OH is 1. The third-order valence-corrected chi connectivity index (χ3v) is 12.5. The van der Waals surface area contributed by atoms with Gasteiger partial charge in [-0.15, -0.1) is 24.9 Å². The number of benzene rings is 3. The second-order valence-corrected chi connectivity index (χ2v) is 15.2. The summed E-state index contributed by atoms with van der Waals surface area (Å²) in [4.78, 5) is 50.0.